The second-order valence-electron chi connectivity index (χ2n) is 7.20. The van der Waals surface area contributed by atoms with Crippen LogP contribution in [0.1, 0.15) is 18.1 Å². The van der Waals surface area contributed by atoms with Crippen LogP contribution in [-0.2, 0) is 11.3 Å². The third kappa shape index (κ3) is 5.17. The summed E-state index contributed by atoms with van der Waals surface area (Å²) in [6, 6.07) is 14.3. The predicted octanol–water partition coefficient (Wildman–Crippen LogP) is 4.38. The van der Waals surface area contributed by atoms with Crippen molar-refractivity contribution in [2.45, 2.75) is 32.5 Å². The lowest BCUT2D eigenvalue weighted by Crippen LogP contribution is -2.15. The molecule has 1 N–H and O–H groups in total. The minimum Gasteiger partial charge on any atom is -0.378 e. The summed E-state index contributed by atoms with van der Waals surface area (Å²) in [5.41, 5.74) is 5.23. The highest BCUT2D eigenvalue weighted by Crippen LogP contribution is 2.26. The van der Waals surface area contributed by atoms with E-state index in [1.807, 2.05) is 56.8 Å². The van der Waals surface area contributed by atoms with Crippen LogP contribution >= 0.6 is 11.8 Å². The SMILES string of the molecule is CCn1c(SCC(=O)Nc2cc(C)cc(C)c2)nnc1-c1ccc(N(C)C)cc1. The molecule has 1 aromatic heterocycles. The second kappa shape index (κ2) is 9.13. The van der Waals surface area contributed by atoms with Crippen molar-refractivity contribution < 1.29 is 4.79 Å². The second-order valence-corrected chi connectivity index (χ2v) is 8.15. The van der Waals surface area contributed by atoms with Gasteiger partial charge in [0.15, 0.2) is 11.0 Å². The summed E-state index contributed by atoms with van der Waals surface area (Å²) < 4.78 is 2.04. The van der Waals surface area contributed by atoms with Gasteiger partial charge in [-0.3, -0.25) is 4.79 Å². The number of nitrogens with one attached hydrogen (secondary N) is 1. The maximum absolute atomic E-state index is 12.4. The molecule has 0 unspecified atom stereocenters. The number of aromatic nitrogens is 3. The number of benzene rings is 2. The molecule has 6 nitrogen and oxygen atoms in total. The lowest BCUT2D eigenvalue weighted by molar-refractivity contribution is -0.113. The molecule has 0 atom stereocenters. The molecular weight excluding hydrogens is 382 g/mol. The van der Waals surface area contributed by atoms with Crippen LogP contribution in [0.5, 0.6) is 0 Å². The molecule has 29 heavy (non-hydrogen) atoms. The van der Waals surface area contributed by atoms with Gasteiger partial charge in [-0.05, 0) is 68.3 Å². The maximum atomic E-state index is 12.4. The number of carbonyl (C=O) groups excluding carboxylic acids is 1. The standard InChI is InChI=1S/C22H27N5OS/c1-6-27-21(17-7-9-19(10-8-17)26(4)5)24-25-22(27)29-14-20(28)23-18-12-15(2)11-16(3)13-18/h7-13H,6,14H2,1-5H3,(H,23,28). The van der Waals surface area contributed by atoms with Crippen LogP contribution < -0.4 is 10.2 Å². The van der Waals surface area contributed by atoms with E-state index in [1.165, 1.54) is 11.8 Å². The molecule has 0 spiro atoms. The topological polar surface area (TPSA) is 63.1 Å². The number of hydrogen-bond acceptors (Lipinski definition) is 5. The van der Waals surface area contributed by atoms with Gasteiger partial charge in [0, 0.05) is 37.6 Å². The van der Waals surface area contributed by atoms with Gasteiger partial charge in [0.2, 0.25) is 5.91 Å². The Balaban J connectivity index is 1.69. The monoisotopic (exact) mass is 409 g/mol. The third-order valence-electron chi connectivity index (χ3n) is 4.51. The maximum Gasteiger partial charge on any atom is 0.234 e. The van der Waals surface area contributed by atoms with Crippen LogP contribution in [-0.4, -0.2) is 40.5 Å². The van der Waals surface area contributed by atoms with Gasteiger partial charge in [0.1, 0.15) is 0 Å². The number of carbonyl (C=O) groups is 1. The molecule has 152 valence electrons. The van der Waals surface area contributed by atoms with E-state index in [4.69, 9.17) is 0 Å². The van der Waals surface area contributed by atoms with E-state index in [1.54, 1.807) is 0 Å². The molecule has 1 heterocycles. The smallest absolute Gasteiger partial charge is 0.234 e. The number of aryl methyl sites for hydroxylation is 2. The summed E-state index contributed by atoms with van der Waals surface area (Å²) in [6.07, 6.45) is 0. The fourth-order valence-electron chi connectivity index (χ4n) is 3.18. The van der Waals surface area contributed by atoms with E-state index in [9.17, 15) is 4.79 Å². The summed E-state index contributed by atoms with van der Waals surface area (Å²) in [6.45, 7) is 6.83. The van der Waals surface area contributed by atoms with Gasteiger partial charge in [-0.25, -0.2) is 0 Å². The van der Waals surface area contributed by atoms with Crippen LogP contribution in [0.4, 0.5) is 11.4 Å². The Hall–Kier alpha value is -2.80. The molecule has 0 aliphatic heterocycles. The summed E-state index contributed by atoms with van der Waals surface area (Å²) >= 11 is 1.40. The van der Waals surface area contributed by atoms with Crippen molar-refractivity contribution in [3.63, 3.8) is 0 Å². The lowest BCUT2D eigenvalue weighted by atomic mass is 10.1. The van der Waals surface area contributed by atoms with E-state index < -0.39 is 0 Å². The first-order valence-electron chi connectivity index (χ1n) is 9.59. The predicted molar refractivity (Wildman–Crippen MR) is 121 cm³/mol. The highest BCUT2D eigenvalue weighted by atomic mass is 32.2. The number of rotatable bonds is 7. The van der Waals surface area contributed by atoms with Crippen LogP contribution in [0.15, 0.2) is 47.6 Å². The van der Waals surface area contributed by atoms with Crippen molar-refractivity contribution in [1.29, 1.82) is 0 Å². The van der Waals surface area contributed by atoms with Gasteiger partial charge in [-0.2, -0.15) is 0 Å². The zero-order chi connectivity index (χ0) is 21.0. The van der Waals surface area contributed by atoms with E-state index in [-0.39, 0.29) is 11.7 Å². The minimum atomic E-state index is -0.0532. The van der Waals surface area contributed by atoms with Crippen molar-refractivity contribution >= 4 is 29.0 Å². The minimum absolute atomic E-state index is 0.0532. The summed E-state index contributed by atoms with van der Waals surface area (Å²) in [5, 5.41) is 12.4. The highest BCUT2D eigenvalue weighted by Gasteiger charge is 2.15. The largest absolute Gasteiger partial charge is 0.378 e. The van der Waals surface area contributed by atoms with Crippen molar-refractivity contribution in [3.05, 3.63) is 53.6 Å². The summed E-state index contributed by atoms with van der Waals surface area (Å²) in [7, 11) is 4.03. The Morgan fingerprint density at radius 1 is 1.07 bits per heavy atom. The number of amides is 1. The molecular formula is C22H27N5OS. The Morgan fingerprint density at radius 2 is 1.72 bits per heavy atom. The molecule has 0 fully saturated rings. The Bertz CT molecular complexity index is 975. The molecule has 3 aromatic rings. The van der Waals surface area contributed by atoms with Gasteiger partial charge in [0.25, 0.3) is 0 Å². The number of hydrogen-bond donors (Lipinski definition) is 1. The van der Waals surface area contributed by atoms with Gasteiger partial charge in [-0.15, -0.1) is 10.2 Å². The van der Waals surface area contributed by atoms with Crippen molar-refractivity contribution in [2.24, 2.45) is 0 Å². The Kier molecular flexibility index (Phi) is 6.59. The summed E-state index contributed by atoms with van der Waals surface area (Å²) in [5.74, 6) is 1.04. The first-order chi connectivity index (χ1) is 13.9. The molecule has 2 aromatic carbocycles. The molecule has 1 amide bonds. The van der Waals surface area contributed by atoms with Gasteiger partial charge >= 0.3 is 0 Å². The molecule has 7 heteroatoms. The van der Waals surface area contributed by atoms with E-state index >= 15 is 0 Å². The van der Waals surface area contributed by atoms with Gasteiger partial charge < -0.3 is 14.8 Å². The fraction of sp³-hybridized carbons (Fsp3) is 0.318. The molecule has 0 aliphatic carbocycles. The molecule has 0 bridgehead atoms. The van der Waals surface area contributed by atoms with E-state index in [0.717, 1.165) is 45.6 Å². The lowest BCUT2D eigenvalue weighted by Gasteiger charge is -2.13. The van der Waals surface area contributed by atoms with Crippen LogP contribution in [0, 0.1) is 13.8 Å². The van der Waals surface area contributed by atoms with E-state index in [0.29, 0.717) is 0 Å². The zero-order valence-electron chi connectivity index (χ0n) is 17.6. The van der Waals surface area contributed by atoms with Crippen molar-refractivity contribution in [3.8, 4) is 11.4 Å². The Morgan fingerprint density at radius 3 is 2.31 bits per heavy atom. The van der Waals surface area contributed by atoms with E-state index in [2.05, 4.69) is 45.5 Å². The van der Waals surface area contributed by atoms with Crippen LogP contribution in [0.2, 0.25) is 0 Å². The van der Waals surface area contributed by atoms with Gasteiger partial charge in [0.05, 0.1) is 5.75 Å². The van der Waals surface area contributed by atoms with Gasteiger partial charge in [-0.1, -0.05) is 17.8 Å². The first kappa shape index (κ1) is 20.9. The average molecular weight is 410 g/mol. The zero-order valence-corrected chi connectivity index (χ0v) is 18.4. The van der Waals surface area contributed by atoms with Crippen LogP contribution in [0.25, 0.3) is 11.4 Å². The normalized spacial score (nSPS) is 10.8. The number of nitrogens with zero attached hydrogens (tertiary/aromatic N) is 4. The molecule has 3 rings (SSSR count). The quantitative estimate of drug-likeness (QED) is 0.587. The third-order valence-corrected chi connectivity index (χ3v) is 5.48. The highest BCUT2D eigenvalue weighted by molar-refractivity contribution is 7.99. The fourth-order valence-corrected chi connectivity index (χ4v) is 3.98. The first-order valence-corrected chi connectivity index (χ1v) is 10.6. The molecule has 0 radical (unpaired) electrons. The number of thioether (sulfide) groups is 1. The summed E-state index contributed by atoms with van der Waals surface area (Å²) in [4.78, 5) is 14.5. The van der Waals surface area contributed by atoms with Crippen molar-refractivity contribution in [2.75, 3.05) is 30.1 Å². The van der Waals surface area contributed by atoms with Crippen molar-refractivity contribution in [1.82, 2.24) is 14.8 Å². The average Bonchev–Trinajstić information content (AvgIpc) is 3.08. The molecule has 0 aliphatic rings. The number of anilines is 2. The Labute approximate surface area is 176 Å². The molecule has 0 saturated heterocycles. The van der Waals surface area contributed by atoms with Crippen LogP contribution in [0.3, 0.4) is 0 Å². The molecule has 0 saturated carbocycles.